The summed E-state index contributed by atoms with van der Waals surface area (Å²) in [7, 11) is 0. The summed E-state index contributed by atoms with van der Waals surface area (Å²) in [6.07, 6.45) is 1.01. The van der Waals surface area contributed by atoms with Crippen LogP contribution in [0.5, 0.6) is 0 Å². The predicted octanol–water partition coefficient (Wildman–Crippen LogP) is 2.06. The maximum atomic E-state index is 11.9. The molecule has 0 aliphatic rings. The van der Waals surface area contributed by atoms with Crippen LogP contribution in [0, 0.1) is 12.8 Å². The lowest BCUT2D eigenvalue weighted by molar-refractivity contribution is -0.121. The van der Waals surface area contributed by atoms with E-state index in [0.717, 1.165) is 5.56 Å². The lowest BCUT2D eigenvalue weighted by Crippen LogP contribution is -2.40. The van der Waals surface area contributed by atoms with Crippen LogP contribution in [0.25, 0.3) is 0 Å². The average Bonchev–Trinajstić information content (AvgIpc) is 2.31. The van der Waals surface area contributed by atoms with Gasteiger partial charge in [-0.25, -0.2) is 0 Å². The van der Waals surface area contributed by atoms with Gasteiger partial charge in [0.05, 0.1) is 6.42 Å². The Labute approximate surface area is 109 Å². The van der Waals surface area contributed by atoms with Crippen LogP contribution in [0.3, 0.4) is 0 Å². The number of aryl methyl sites for hydroxylation is 1. The molecule has 3 heteroatoms. The van der Waals surface area contributed by atoms with Crippen molar-refractivity contribution in [1.82, 2.24) is 5.32 Å². The molecule has 0 saturated carbocycles. The molecule has 1 aromatic rings. The zero-order chi connectivity index (χ0) is 13.5. The molecule has 0 bridgehead atoms. The van der Waals surface area contributed by atoms with Crippen LogP contribution in [0.15, 0.2) is 24.3 Å². The first kappa shape index (κ1) is 14.7. The third kappa shape index (κ3) is 4.88. The summed E-state index contributed by atoms with van der Waals surface area (Å²) in [5.41, 5.74) is 2.21. The molecule has 3 nitrogen and oxygen atoms in total. The van der Waals surface area contributed by atoms with E-state index in [0.29, 0.717) is 18.8 Å². The predicted molar refractivity (Wildman–Crippen MR) is 73.4 cm³/mol. The van der Waals surface area contributed by atoms with Crippen molar-refractivity contribution in [2.24, 2.45) is 5.92 Å². The van der Waals surface area contributed by atoms with Gasteiger partial charge in [-0.2, -0.15) is 0 Å². The number of rotatable bonds is 6. The molecule has 0 heterocycles. The lowest BCUT2D eigenvalue weighted by atomic mass is 10.0. The van der Waals surface area contributed by atoms with Crippen LogP contribution >= 0.6 is 0 Å². The van der Waals surface area contributed by atoms with Gasteiger partial charge >= 0.3 is 0 Å². The zero-order valence-electron chi connectivity index (χ0n) is 11.4. The molecule has 0 radical (unpaired) electrons. The van der Waals surface area contributed by atoms with E-state index >= 15 is 0 Å². The van der Waals surface area contributed by atoms with Gasteiger partial charge in [0.1, 0.15) is 0 Å². The Balaban J connectivity index is 2.52. The Morgan fingerprint density at radius 2 is 1.89 bits per heavy atom. The number of carbonyl (C=O) groups excluding carboxylic acids is 1. The number of amides is 1. The fraction of sp³-hybridized carbons (Fsp3) is 0.533. The summed E-state index contributed by atoms with van der Waals surface area (Å²) in [6.45, 7) is 6.23. The Hall–Kier alpha value is -1.35. The molecule has 0 spiro atoms. The summed E-state index contributed by atoms with van der Waals surface area (Å²) in [5, 5.41) is 11.9. The van der Waals surface area contributed by atoms with Gasteiger partial charge in [0, 0.05) is 12.6 Å². The smallest absolute Gasteiger partial charge is 0.224 e. The summed E-state index contributed by atoms with van der Waals surface area (Å²) >= 11 is 0. The maximum Gasteiger partial charge on any atom is 0.224 e. The number of carbonyl (C=O) groups is 1. The van der Waals surface area contributed by atoms with Gasteiger partial charge in [-0.15, -0.1) is 0 Å². The molecular weight excluding hydrogens is 226 g/mol. The first-order valence-corrected chi connectivity index (χ1v) is 6.48. The molecule has 0 aliphatic heterocycles. The third-order valence-electron chi connectivity index (χ3n) is 3.08. The highest BCUT2D eigenvalue weighted by molar-refractivity contribution is 5.78. The minimum atomic E-state index is 0.0194. The van der Waals surface area contributed by atoms with Crippen molar-refractivity contribution in [2.45, 2.75) is 39.7 Å². The van der Waals surface area contributed by atoms with E-state index in [1.807, 2.05) is 45.0 Å². The minimum absolute atomic E-state index is 0.0194. The van der Waals surface area contributed by atoms with Crippen molar-refractivity contribution in [3.8, 4) is 0 Å². The van der Waals surface area contributed by atoms with E-state index in [1.54, 1.807) is 0 Å². The molecule has 1 unspecified atom stereocenters. The van der Waals surface area contributed by atoms with Gasteiger partial charge in [-0.05, 0) is 24.8 Å². The van der Waals surface area contributed by atoms with E-state index < -0.39 is 0 Å². The highest BCUT2D eigenvalue weighted by atomic mass is 16.3. The molecule has 0 aliphatic carbocycles. The molecule has 2 N–H and O–H groups in total. The van der Waals surface area contributed by atoms with Crippen LogP contribution in [-0.4, -0.2) is 23.7 Å². The number of hydrogen-bond donors (Lipinski definition) is 2. The number of aliphatic hydroxyl groups excluding tert-OH is 1. The summed E-state index contributed by atoms with van der Waals surface area (Å²) in [6, 6.07) is 8.02. The largest absolute Gasteiger partial charge is 0.396 e. The molecule has 1 atom stereocenters. The zero-order valence-corrected chi connectivity index (χ0v) is 11.4. The molecule has 0 saturated heterocycles. The first-order valence-electron chi connectivity index (χ1n) is 6.48. The third-order valence-corrected chi connectivity index (χ3v) is 3.08. The van der Waals surface area contributed by atoms with E-state index in [2.05, 4.69) is 5.32 Å². The normalized spacial score (nSPS) is 12.5. The number of nitrogens with one attached hydrogen (secondary N) is 1. The highest BCUT2D eigenvalue weighted by Gasteiger charge is 2.15. The average molecular weight is 249 g/mol. The van der Waals surface area contributed by atoms with Gasteiger partial charge in [-0.3, -0.25) is 4.79 Å². The highest BCUT2D eigenvalue weighted by Crippen LogP contribution is 2.07. The van der Waals surface area contributed by atoms with Gasteiger partial charge in [-0.1, -0.05) is 43.7 Å². The molecule has 1 amide bonds. The molecular formula is C15H23NO2. The minimum Gasteiger partial charge on any atom is -0.396 e. The quantitative estimate of drug-likeness (QED) is 0.810. The fourth-order valence-electron chi connectivity index (χ4n) is 1.86. The van der Waals surface area contributed by atoms with E-state index in [4.69, 9.17) is 5.11 Å². The van der Waals surface area contributed by atoms with Crippen LogP contribution in [-0.2, 0) is 11.2 Å². The van der Waals surface area contributed by atoms with Crippen molar-refractivity contribution >= 4 is 5.91 Å². The van der Waals surface area contributed by atoms with Crippen molar-refractivity contribution in [3.63, 3.8) is 0 Å². The summed E-state index contributed by atoms with van der Waals surface area (Å²) in [5.74, 6) is 0.352. The van der Waals surface area contributed by atoms with Gasteiger partial charge in [0.25, 0.3) is 0 Å². The number of aliphatic hydroxyl groups is 1. The summed E-state index contributed by atoms with van der Waals surface area (Å²) < 4.78 is 0. The molecule has 100 valence electrons. The Bertz CT molecular complexity index is 371. The maximum absolute atomic E-state index is 11.9. The Morgan fingerprint density at radius 1 is 1.28 bits per heavy atom. The SMILES string of the molecule is Cc1ccc(CC(=O)NC(CCO)C(C)C)cc1. The second-order valence-electron chi connectivity index (χ2n) is 5.09. The number of hydrogen-bond acceptors (Lipinski definition) is 2. The molecule has 18 heavy (non-hydrogen) atoms. The van der Waals surface area contributed by atoms with E-state index in [9.17, 15) is 4.79 Å². The fourth-order valence-corrected chi connectivity index (χ4v) is 1.86. The molecule has 0 aromatic heterocycles. The van der Waals surface area contributed by atoms with Crippen molar-refractivity contribution < 1.29 is 9.90 Å². The van der Waals surface area contributed by atoms with Crippen molar-refractivity contribution in [2.75, 3.05) is 6.61 Å². The van der Waals surface area contributed by atoms with Crippen LogP contribution < -0.4 is 5.32 Å². The summed E-state index contributed by atoms with van der Waals surface area (Å²) in [4.78, 5) is 11.9. The standard InChI is InChI=1S/C15H23NO2/c1-11(2)14(8-9-17)16-15(18)10-13-6-4-12(3)5-7-13/h4-7,11,14,17H,8-10H2,1-3H3,(H,16,18). The van der Waals surface area contributed by atoms with Crippen LogP contribution in [0.1, 0.15) is 31.4 Å². The Morgan fingerprint density at radius 3 is 2.39 bits per heavy atom. The lowest BCUT2D eigenvalue weighted by Gasteiger charge is -2.21. The van der Waals surface area contributed by atoms with Gasteiger partial charge in [0.15, 0.2) is 0 Å². The van der Waals surface area contributed by atoms with Crippen molar-refractivity contribution in [1.29, 1.82) is 0 Å². The van der Waals surface area contributed by atoms with Crippen LogP contribution in [0.4, 0.5) is 0 Å². The Kier molecular flexibility index (Phi) is 5.86. The molecule has 0 fully saturated rings. The van der Waals surface area contributed by atoms with E-state index in [1.165, 1.54) is 5.56 Å². The molecule has 1 rings (SSSR count). The first-order chi connectivity index (χ1) is 8.52. The van der Waals surface area contributed by atoms with Crippen molar-refractivity contribution in [3.05, 3.63) is 35.4 Å². The second-order valence-corrected chi connectivity index (χ2v) is 5.09. The number of benzene rings is 1. The molecule has 1 aromatic carbocycles. The second kappa shape index (κ2) is 7.17. The monoisotopic (exact) mass is 249 g/mol. The van der Waals surface area contributed by atoms with Gasteiger partial charge < -0.3 is 10.4 Å². The van der Waals surface area contributed by atoms with E-state index in [-0.39, 0.29) is 18.6 Å². The topological polar surface area (TPSA) is 49.3 Å². The van der Waals surface area contributed by atoms with Crippen LogP contribution in [0.2, 0.25) is 0 Å². The van der Waals surface area contributed by atoms with Gasteiger partial charge in [0.2, 0.25) is 5.91 Å².